The van der Waals surface area contributed by atoms with E-state index in [1.54, 1.807) is 0 Å². The molecule has 0 bridgehead atoms. The van der Waals surface area contributed by atoms with E-state index in [1.807, 2.05) is 12.2 Å². The second-order valence-corrected chi connectivity index (χ2v) is 3.01. The maximum absolute atomic E-state index is 10.6. The Morgan fingerprint density at radius 2 is 2.42 bits per heavy atom. The number of amides is 1. The first-order valence-electron chi connectivity index (χ1n) is 4.08. The molecule has 0 saturated carbocycles. The summed E-state index contributed by atoms with van der Waals surface area (Å²) in [5.74, 6) is 0.0343. The highest BCUT2D eigenvalue weighted by molar-refractivity contribution is 5.74. The lowest BCUT2D eigenvalue weighted by Gasteiger charge is -2.13. The van der Waals surface area contributed by atoms with Gasteiger partial charge < -0.3 is 11.5 Å². The van der Waals surface area contributed by atoms with Crippen molar-refractivity contribution in [1.82, 2.24) is 0 Å². The molecule has 0 heterocycles. The lowest BCUT2D eigenvalue weighted by Crippen LogP contribution is -2.16. The minimum atomic E-state index is -0.241. The van der Waals surface area contributed by atoms with Gasteiger partial charge >= 0.3 is 0 Å². The van der Waals surface area contributed by atoms with Crippen LogP contribution in [0, 0.1) is 5.92 Å². The maximum atomic E-state index is 10.6. The Morgan fingerprint density at radius 1 is 1.67 bits per heavy atom. The van der Waals surface area contributed by atoms with Crippen molar-refractivity contribution in [3.05, 3.63) is 23.8 Å². The molecule has 3 heteroatoms. The predicted molar refractivity (Wildman–Crippen MR) is 48.2 cm³/mol. The van der Waals surface area contributed by atoms with Crippen LogP contribution in [-0.4, -0.2) is 12.5 Å². The van der Waals surface area contributed by atoms with E-state index in [0.717, 1.165) is 12.0 Å². The summed E-state index contributed by atoms with van der Waals surface area (Å²) in [4.78, 5) is 10.6. The molecule has 0 aliphatic heterocycles. The quantitative estimate of drug-likeness (QED) is 0.634. The third-order valence-electron chi connectivity index (χ3n) is 1.96. The first-order chi connectivity index (χ1) is 5.72. The Balaban J connectivity index is 2.43. The van der Waals surface area contributed by atoms with Crippen molar-refractivity contribution in [2.24, 2.45) is 17.4 Å². The molecule has 0 aromatic carbocycles. The van der Waals surface area contributed by atoms with Crippen LogP contribution in [0.5, 0.6) is 0 Å². The predicted octanol–water partition coefficient (Wildman–Crippen LogP) is 0.323. The standard InChI is InChI=1S/C9H14N2O/c10-6-8-3-1-7(2-4-8)5-9(11)12/h1,3-4,7H,2,5-6,10H2,(H2,11,12)/t7-/m1/s1. The van der Waals surface area contributed by atoms with Gasteiger partial charge in [0.15, 0.2) is 0 Å². The smallest absolute Gasteiger partial charge is 0.218 e. The van der Waals surface area contributed by atoms with Crippen LogP contribution < -0.4 is 11.5 Å². The highest BCUT2D eigenvalue weighted by atomic mass is 16.1. The van der Waals surface area contributed by atoms with E-state index >= 15 is 0 Å². The number of primary amides is 1. The van der Waals surface area contributed by atoms with E-state index < -0.39 is 0 Å². The summed E-state index contributed by atoms with van der Waals surface area (Å²) < 4.78 is 0. The summed E-state index contributed by atoms with van der Waals surface area (Å²) in [5, 5.41) is 0. The molecule has 12 heavy (non-hydrogen) atoms. The van der Waals surface area contributed by atoms with E-state index in [9.17, 15) is 4.79 Å². The minimum absolute atomic E-state index is 0.241. The molecular weight excluding hydrogens is 152 g/mol. The van der Waals surface area contributed by atoms with Crippen molar-refractivity contribution < 1.29 is 4.79 Å². The second-order valence-electron chi connectivity index (χ2n) is 3.01. The Hall–Kier alpha value is -1.09. The third kappa shape index (κ3) is 2.51. The topological polar surface area (TPSA) is 69.1 Å². The van der Waals surface area contributed by atoms with Crippen LogP contribution in [0.2, 0.25) is 0 Å². The van der Waals surface area contributed by atoms with E-state index in [0.29, 0.717) is 13.0 Å². The molecule has 0 aromatic heterocycles. The molecule has 0 radical (unpaired) electrons. The van der Waals surface area contributed by atoms with Crippen molar-refractivity contribution in [2.75, 3.05) is 6.54 Å². The molecule has 0 spiro atoms. The first-order valence-corrected chi connectivity index (χ1v) is 4.08. The molecule has 1 rings (SSSR count). The number of carbonyl (C=O) groups is 1. The van der Waals surface area contributed by atoms with Gasteiger partial charge in [0.2, 0.25) is 5.91 Å². The first kappa shape index (κ1) is 9.00. The number of hydrogen-bond donors (Lipinski definition) is 2. The zero-order chi connectivity index (χ0) is 8.97. The van der Waals surface area contributed by atoms with E-state index in [2.05, 4.69) is 6.08 Å². The molecule has 66 valence electrons. The summed E-state index contributed by atoms with van der Waals surface area (Å²) in [7, 11) is 0. The van der Waals surface area contributed by atoms with Gasteiger partial charge in [-0.25, -0.2) is 0 Å². The van der Waals surface area contributed by atoms with Crippen molar-refractivity contribution in [1.29, 1.82) is 0 Å². The SMILES string of the molecule is NCC1=CC[C@H](CC(N)=O)C=C1. The van der Waals surface area contributed by atoms with Crippen LogP contribution in [-0.2, 0) is 4.79 Å². The molecule has 3 nitrogen and oxygen atoms in total. The normalized spacial score (nSPS) is 22.1. The number of rotatable bonds is 3. The molecule has 1 aliphatic carbocycles. The summed E-state index contributed by atoms with van der Waals surface area (Å²) >= 11 is 0. The number of hydrogen-bond acceptors (Lipinski definition) is 2. The van der Waals surface area contributed by atoms with Gasteiger partial charge in [0, 0.05) is 13.0 Å². The lowest BCUT2D eigenvalue weighted by atomic mass is 9.94. The summed E-state index contributed by atoms with van der Waals surface area (Å²) in [6, 6.07) is 0. The summed E-state index contributed by atoms with van der Waals surface area (Å²) in [5.41, 5.74) is 11.6. The molecule has 1 amide bonds. The summed E-state index contributed by atoms with van der Waals surface area (Å²) in [6.07, 6.45) is 7.36. The van der Waals surface area contributed by atoms with Crippen molar-refractivity contribution in [3.63, 3.8) is 0 Å². The van der Waals surface area contributed by atoms with Crippen LogP contribution in [0.25, 0.3) is 0 Å². The van der Waals surface area contributed by atoms with Crippen LogP contribution in [0.4, 0.5) is 0 Å². The zero-order valence-corrected chi connectivity index (χ0v) is 6.99. The van der Waals surface area contributed by atoms with E-state index in [4.69, 9.17) is 11.5 Å². The van der Waals surface area contributed by atoms with Gasteiger partial charge in [0.05, 0.1) is 0 Å². The van der Waals surface area contributed by atoms with E-state index in [-0.39, 0.29) is 11.8 Å². The minimum Gasteiger partial charge on any atom is -0.370 e. The van der Waals surface area contributed by atoms with Crippen LogP contribution in [0.3, 0.4) is 0 Å². The molecular formula is C9H14N2O. The molecule has 0 saturated heterocycles. The van der Waals surface area contributed by atoms with Gasteiger partial charge in [-0.2, -0.15) is 0 Å². The number of allylic oxidation sites excluding steroid dienone is 2. The highest BCUT2D eigenvalue weighted by Crippen LogP contribution is 2.18. The largest absolute Gasteiger partial charge is 0.370 e. The zero-order valence-electron chi connectivity index (χ0n) is 6.99. The van der Waals surface area contributed by atoms with Crippen LogP contribution >= 0.6 is 0 Å². The molecule has 4 N–H and O–H groups in total. The summed E-state index contributed by atoms with van der Waals surface area (Å²) in [6.45, 7) is 0.569. The van der Waals surface area contributed by atoms with Crippen LogP contribution in [0.1, 0.15) is 12.8 Å². The lowest BCUT2D eigenvalue weighted by molar-refractivity contribution is -0.118. The Bertz CT molecular complexity index is 231. The van der Waals surface area contributed by atoms with E-state index in [1.165, 1.54) is 0 Å². The van der Waals surface area contributed by atoms with Gasteiger partial charge in [0.1, 0.15) is 0 Å². The molecule has 0 fully saturated rings. The van der Waals surface area contributed by atoms with Crippen LogP contribution in [0.15, 0.2) is 23.8 Å². The molecule has 0 unspecified atom stereocenters. The average Bonchev–Trinajstić information content (AvgIpc) is 2.05. The second kappa shape index (κ2) is 4.07. The molecule has 1 aliphatic rings. The van der Waals surface area contributed by atoms with Gasteiger partial charge in [-0.1, -0.05) is 18.2 Å². The fourth-order valence-electron chi connectivity index (χ4n) is 1.27. The fraction of sp³-hybridized carbons (Fsp3) is 0.444. The van der Waals surface area contributed by atoms with Gasteiger partial charge in [-0.15, -0.1) is 0 Å². The number of carbonyl (C=O) groups excluding carboxylic acids is 1. The van der Waals surface area contributed by atoms with Gasteiger partial charge in [-0.3, -0.25) is 4.79 Å². The Morgan fingerprint density at radius 3 is 2.83 bits per heavy atom. The maximum Gasteiger partial charge on any atom is 0.218 e. The molecule has 1 atom stereocenters. The fourth-order valence-corrected chi connectivity index (χ4v) is 1.27. The Labute approximate surface area is 72.1 Å². The van der Waals surface area contributed by atoms with Crippen molar-refractivity contribution in [3.8, 4) is 0 Å². The van der Waals surface area contributed by atoms with Gasteiger partial charge in [-0.05, 0) is 17.9 Å². The number of nitrogens with two attached hydrogens (primary N) is 2. The third-order valence-corrected chi connectivity index (χ3v) is 1.96. The van der Waals surface area contributed by atoms with Crippen molar-refractivity contribution in [2.45, 2.75) is 12.8 Å². The van der Waals surface area contributed by atoms with Gasteiger partial charge in [0.25, 0.3) is 0 Å². The Kier molecular flexibility index (Phi) is 3.05. The highest BCUT2D eigenvalue weighted by Gasteiger charge is 2.10. The van der Waals surface area contributed by atoms with Crippen molar-refractivity contribution >= 4 is 5.91 Å². The monoisotopic (exact) mass is 166 g/mol. The average molecular weight is 166 g/mol. The molecule has 0 aromatic rings.